The number of nitrogens with two attached hydrogens (primary N) is 1. The van der Waals surface area contributed by atoms with Crippen molar-refractivity contribution in [2.75, 3.05) is 14.2 Å². The Morgan fingerprint density at radius 1 is 1.00 bits per heavy atom. The molecule has 1 aliphatic rings. The molecule has 1 atom stereocenters. The van der Waals surface area contributed by atoms with E-state index in [0.29, 0.717) is 17.1 Å². The Labute approximate surface area is 150 Å². The van der Waals surface area contributed by atoms with Gasteiger partial charge in [-0.3, -0.25) is 0 Å². The van der Waals surface area contributed by atoms with Crippen LogP contribution in [0.2, 0.25) is 0 Å². The molecule has 1 aromatic rings. The Morgan fingerprint density at radius 3 is 2.12 bits per heavy atom. The number of nitrogens with one attached hydrogen (secondary N) is 1. The van der Waals surface area contributed by atoms with Crippen LogP contribution in [-0.4, -0.2) is 14.2 Å². The molecule has 1 heterocycles. The van der Waals surface area contributed by atoms with E-state index in [-0.39, 0.29) is 22.7 Å². The Balaban J connectivity index is 2.75. The van der Waals surface area contributed by atoms with Crippen LogP contribution in [0.5, 0.6) is 11.5 Å². The number of methoxy groups -OCH3 is 2. The summed E-state index contributed by atoms with van der Waals surface area (Å²) in [6.45, 7) is 0. The summed E-state index contributed by atoms with van der Waals surface area (Å²) in [7, 11) is 2.96. The van der Waals surface area contributed by atoms with Crippen LogP contribution < -0.4 is 20.5 Å². The molecule has 8 nitrogen and oxygen atoms in total. The SMILES string of the molecule is COc1ccc([C@H]2C(C#N)=C(N)NC(C(C#N)C#N)=C2C#N)cc1OC. The van der Waals surface area contributed by atoms with Gasteiger partial charge in [-0.25, -0.2) is 0 Å². The van der Waals surface area contributed by atoms with Gasteiger partial charge in [0.25, 0.3) is 0 Å². The molecule has 0 radical (unpaired) electrons. The first-order chi connectivity index (χ1) is 12.6. The summed E-state index contributed by atoms with van der Waals surface area (Å²) < 4.78 is 10.5. The fraction of sp³-hybridized carbons (Fsp3) is 0.222. The lowest BCUT2D eigenvalue weighted by molar-refractivity contribution is 0.354. The Hall–Kier alpha value is -4.14. The van der Waals surface area contributed by atoms with Crippen LogP contribution in [0.1, 0.15) is 11.5 Å². The van der Waals surface area contributed by atoms with Crippen molar-refractivity contribution in [1.82, 2.24) is 5.32 Å². The lowest BCUT2D eigenvalue weighted by Crippen LogP contribution is -2.33. The fourth-order valence-electron chi connectivity index (χ4n) is 2.74. The van der Waals surface area contributed by atoms with Crippen molar-refractivity contribution in [1.29, 1.82) is 21.0 Å². The molecule has 0 amide bonds. The van der Waals surface area contributed by atoms with E-state index in [0.717, 1.165) is 0 Å². The Bertz CT molecular complexity index is 951. The quantitative estimate of drug-likeness (QED) is 0.832. The van der Waals surface area contributed by atoms with E-state index in [1.54, 1.807) is 18.2 Å². The van der Waals surface area contributed by atoms with Crippen molar-refractivity contribution in [2.24, 2.45) is 11.7 Å². The van der Waals surface area contributed by atoms with Crippen LogP contribution in [0.25, 0.3) is 0 Å². The van der Waals surface area contributed by atoms with Crippen molar-refractivity contribution in [3.63, 3.8) is 0 Å². The number of hydrogen-bond donors (Lipinski definition) is 2. The molecule has 8 heteroatoms. The Morgan fingerprint density at radius 2 is 1.62 bits per heavy atom. The normalized spacial score (nSPS) is 16.0. The topological polar surface area (TPSA) is 152 Å². The summed E-state index contributed by atoms with van der Waals surface area (Å²) >= 11 is 0. The number of nitriles is 4. The van der Waals surface area contributed by atoms with Crippen LogP contribution in [0.3, 0.4) is 0 Å². The second-order valence-electron chi connectivity index (χ2n) is 5.24. The van der Waals surface area contributed by atoms with Crippen LogP contribution in [0, 0.1) is 51.2 Å². The van der Waals surface area contributed by atoms with Crippen LogP contribution in [0.15, 0.2) is 40.9 Å². The number of allylic oxidation sites excluding steroid dienone is 3. The maximum atomic E-state index is 9.66. The summed E-state index contributed by atoms with van der Waals surface area (Å²) in [6, 6.07) is 12.6. The largest absolute Gasteiger partial charge is 0.493 e. The molecule has 0 unspecified atom stereocenters. The standard InChI is InChI=1S/C18H14N6O2/c1-25-14-4-3-10(5-15(14)26-2)16-12(8-21)17(11(6-19)7-20)24-18(23)13(16)9-22/h3-5,11,16,24H,23H2,1-2H3/t16-/m1/s1. The minimum absolute atomic E-state index is 0.00298. The summed E-state index contributed by atoms with van der Waals surface area (Å²) in [5, 5.41) is 40.2. The van der Waals surface area contributed by atoms with E-state index in [4.69, 9.17) is 15.2 Å². The summed E-state index contributed by atoms with van der Waals surface area (Å²) in [5.41, 5.74) is 6.75. The minimum Gasteiger partial charge on any atom is -0.493 e. The second-order valence-corrected chi connectivity index (χ2v) is 5.24. The number of hydrogen-bond acceptors (Lipinski definition) is 8. The third-order valence-electron chi connectivity index (χ3n) is 3.96. The molecule has 0 saturated heterocycles. The van der Waals surface area contributed by atoms with Gasteiger partial charge in [-0.1, -0.05) is 6.07 Å². The smallest absolute Gasteiger partial charge is 0.173 e. The van der Waals surface area contributed by atoms with E-state index in [1.165, 1.54) is 14.2 Å². The zero-order valence-electron chi connectivity index (χ0n) is 14.1. The van der Waals surface area contributed by atoms with Gasteiger partial charge in [0, 0.05) is 0 Å². The van der Waals surface area contributed by atoms with E-state index in [9.17, 15) is 21.0 Å². The number of dihydropyridines is 1. The summed E-state index contributed by atoms with van der Waals surface area (Å²) in [4.78, 5) is 0. The number of ether oxygens (including phenoxy) is 2. The van der Waals surface area contributed by atoms with E-state index < -0.39 is 11.8 Å². The first-order valence-electron chi connectivity index (χ1n) is 7.38. The van der Waals surface area contributed by atoms with Crippen LogP contribution in [-0.2, 0) is 0 Å². The van der Waals surface area contributed by atoms with Crippen molar-refractivity contribution in [3.8, 4) is 35.8 Å². The lowest BCUT2D eigenvalue weighted by atomic mass is 9.80. The predicted octanol–water partition coefficient (Wildman–Crippen LogP) is 1.53. The van der Waals surface area contributed by atoms with Crippen molar-refractivity contribution >= 4 is 0 Å². The Kier molecular flexibility index (Phi) is 5.33. The van der Waals surface area contributed by atoms with Crippen molar-refractivity contribution in [2.45, 2.75) is 5.92 Å². The lowest BCUT2D eigenvalue weighted by Gasteiger charge is -2.27. The van der Waals surface area contributed by atoms with Gasteiger partial charge < -0.3 is 20.5 Å². The maximum absolute atomic E-state index is 9.66. The molecule has 128 valence electrons. The third-order valence-corrected chi connectivity index (χ3v) is 3.96. The molecule has 2 rings (SSSR count). The molecule has 0 aliphatic carbocycles. The first kappa shape index (κ1) is 18.2. The fourth-order valence-corrected chi connectivity index (χ4v) is 2.74. The molecule has 3 N–H and O–H groups in total. The van der Waals surface area contributed by atoms with Gasteiger partial charge in [-0.15, -0.1) is 0 Å². The average molecular weight is 346 g/mol. The highest BCUT2D eigenvalue weighted by Crippen LogP contribution is 2.40. The van der Waals surface area contributed by atoms with Gasteiger partial charge in [0.05, 0.1) is 61.3 Å². The van der Waals surface area contributed by atoms with Crippen molar-refractivity contribution < 1.29 is 9.47 Å². The summed E-state index contributed by atoms with van der Waals surface area (Å²) in [5.74, 6) is -1.15. The zero-order valence-corrected chi connectivity index (χ0v) is 14.1. The van der Waals surface area contributed by atoms with Gasteiger partial charge in [0.1, 0.15) is 5.82 Å². The zero-order chi connectivity index (χ0) is 19.3. The predicted molar refractivity (Wildman–Crippen MR) is 89.6 cm³/mol. The molecule has 1 aromatic carbocycles. The average Bonchev–Trinajstić information content (AvgIpc) is 2.67. The van der Waals surface area contributed by atoms with Gasteiger partial charge in [-0.05, 0) is 17.7 Å². The van der Waals surface area contributed by atoms with E-state index in [2.05, 4.69) is 5.32 Å². The third kappa shape index (κ3) is 2.96. The second kappa shape index (κ2) is 7.62. The molecule has 0 bridgehead atoms. The molecular weight excluding hydrogens is 332 g/mol. The van der Waals surface area contributed by atoms with Gasteiger partial charge >= 0.3 is 0 Å². The molecule has 0 aromatic heterocycles. The van der Waals surface area contributed by atoms with Crippen molar-refractivity contribution in [3.05, 3.63) is 46.4 Å². The molecular formula is C18H14N6O2. The molecule has 0 spiro atoms. The highest BCUT2D eigenvalue weighted by atomic mass is 16.5. The highest BCUT2D eigenvalue weighted by Gasteiger charge is 2.34. The van der Waals surface area contributed by atoms with Crippen LogP contribution in [0.4, 0.5) is 0 Å². The molecule has 0 saturated carbocycles. The van der Waals surface area contributed by atoms with E-state index >= 15 is 0 Å². The first-order valence-corrected chi connectivity index (χ1v) is 7.38. The maximum Gasteiger partial charge on any atom is 0.173 e. The van der Waals surface area contributed by atoms with Gasteiger partial charge in [-0.2, -0.15) is 21.0 Å². The monoisotopic (exact) mass is 346 g/mol. The molecule has 1 aliphatic heterocycles. The highest BCUT2D eigenvalue weighted by molar-refractivity contribution is 5.58. The number of nitrogens with zero attached hydrogens (tertiary/aromatic N) is 4. The van der Waals surface area contributed by atoms with Gasteiger partial charge in [0.15, 0.2) is 17.4 Å². The number of rotatable bonds is 4. The minimum atomic E-state index is -1.22. The van der Waals surface area contributed by atoms with E-state index in [1.807, 2.05) is 24.3 Å². The summed E-state index contributed by atoms with van der Waals surface area (Å²) in [6.07, 6.45) is 0. The molecule has 26 heavy (non-hydrogen) atoms. The van der Waals surface area contributed by atoms with Crippen LogP contribution >= 0.6 is 0 Å². The van der Waals surface area contributed by atoms with Gasteiger partial charge in [0.2, 0.25) is 0 Å². The molecule has 0 fully saturated rings. The number of benzene rings is 1.